The summed E-state index contributed by atoms with van der Waals surface area (Å²) >= 11 is 0. The molecule has 1 aliphatic carbocycles. The smallest absolute Gasteiger partial charge is 0.188 e. The molecule has 0 aliphatic heterocycles. The highest BCUT2D eigenvalue weighted by molar-refractivity contribution is 5.36. The summed E-state index contributed by atoms with van der Waals surface area (Å²) in [5.41, 5.74) is 3.22. The molecule has 2 rings (SSSR count). The second-order valence-corrected chi connectivity index (χ2v) is 7.04. The zero-order valence-electron chi connectivity index (χ0n) is 13.8. The maximum atomic E-state index is 5.65. The molecule has 116 valence electrons. The van der Waals surface area contributed by atoms with E-state index in [0.717, 1.165) is 18.1 Å². The minimum atomic E-state index is 0.308. The Labute approximate surface area is 129 Å². The fraction of sp³-hybridized carbons (Fsp3) is 0.579. The van der Waals surface area contributed by atoms with Crippen LogP contribution in [0.5, 0.6) is 5.75 Å². The summed E-state index contributed by atoms with van der Waals surface area (Å²) in [6.45, 7) is 7.36. The van der Waals surface area contributed by atoms with E-state index in [1.54, 1.807) is 12.7 Å². The summed E-state index contributed by atoms with van der Waals surface area (Å²) < 4.78 is 10.7. The van der Waals surface area contributed by atoms with Gasteiger partial charge in [-0.1, -0.05) is 50.6 Å². The Balaban J connectivity index is 2.01. The normalized spacial score (nSPS) is 19.2. The van der Waals surface area contributed by atoms with Gasteiger partial charge in [-0.2, -0.15) is 0 Å². The van der Waals surface area contributed by atoms with E-state index in [0.29, 0.717) is 12.2 Å². The van der Waals surface area contributed by atoms with Crippen molar-refractivity contribution < 1.29 is 9.47 Å². The summed E-state index contributed by atoms with van der Waals surface area (Å²) in [5, 5.41) is 0. The van der Waals surface area contributed by atoms with Gasteiger partial charge in [0.15, 0.2) is 6.79 Å². The molecular weight excluding hydrogens is 260 g/mol. The van der Waals surface area contributed by atoms with E-state index >= 15 is 0 Å². The van der Waals surface area contributed by atoms with E-state index < -0.39 is 0 Å². The van der Waals surface area contributed by atoms with Crippen molar-refractivity contribution in [3.8, 4) is 5.75 Å². The van der Waals surface area contributed by atoms with E-state index in [4.69, 9.17) is 9.47 Å². The van der Waals surface area contributed by atoms with Gasteiger partial charge in [-0.05, 0) is 48.6 Å². The lowest BCUT2D eigenvalue weighted by molar-refractivity contribution is 0.0505. The van der Waals surface area contributed by atoms with Crippen molar-refractivity contribution in [1.29, 1.82) is 0 Å². The third-order valence-electron chi connectivity index (χ3n) is 4.45. The van der Waals surface area contributed by atoms with E-state index in [9.17, 15) is 0 Å². The molecule has 0 saturated heterocycles. The molecule has 1 unspecified atom stereocenters. The van der Waals surface area contributed by atoms with Crippen LogP contribution in [0.4, 0.5) is 0 Å². The molecule has 0 spiro atoms. The number of benzene rings is 1. The average molecular weight is 288 g/mol. The van der Waals surface area contributed by atoms with Crippen LogP contribution in [0.2, 0.25) is 0 Å². The fourth-order valence-corrected chi connectivity index (χ4v) is 2.99. The molecule has 1 aromatic carbocycles. The highest BCUT2D eigenvalue weighted by atomic mass is 16.7. The summed E-state index contributed by atoms with van der Waals surface area (Å²) in [5.74, 6) is 1.75. The Hall–Kier alpha value is -1.28. The third-order valence-corrected chi connectivity index (χ3v) is 4.45. The standard InChI is InChI=1S/C19H28O2/c1-19(2,3)17-11-9-15(10-12-17)13-16-7-5-6-8-18(16)21-14-20-4/h5-9,17H,10-14H2,1-4H3. The molecule has 2 heteroatoms. The summed E-state index contributed by atoms with van der Waals surface area (Å²) in [6, 6.07) is 8.27. The first-order valence-electron chi connectivity index (χ1n) is 7.88. The molecule has 2 nitrogen and oxygen atoms in total. The maximum absolute atomic E-state index is 5.65. The number of hydrogen-bond donors (Lipinski definition) is 0. The second-order valence-electron chi connectivity index (χ2n) is 7.04. The third kappa shape index (κ3) is 4.60. The summed E-state index contributed by atoms with van der Waals surface area (Å²) in [6.07, 6.45) is 7.17. The van der Waals surface area contributed by atoms with Gasteiger partial charge >= 0.3 is 0 Å². The zero-order valence-corrected chi connectivity index (χ0v) is 13.8. The van der Waals surface area contributed by atoms with E-state index in [-0.39, 0.29) is 0 Å². The second kappa shape index (κ2) is 7.13. The van der Waals surface area contributed by atoms with Crippen molar-refractivity contribution in [2.45, 2.75) is 46.5 Å². The molecule has 0 fully saturated rings. The Morgan fingerprint density at radius 2 is 1.95 bits per heavy atom. The van der Waals surface area contributed by atoms with Crippen LogP contribution in [0, 0.1) is 11.3 Å². The first-order chi connectivity index (χ1) is 10.0. The molecule has 0 saturated carbocycles. The first kappa shape index (κ1) is 16.1. The van der Waals surface area contributed by atoms with E-state index in [1.807, 2.05) is 12.1 Å². The van der Waals surface area contributed by atoms with Crippen molar-refractivity contribution in [2.75, 3.05) is 13.9 Å². The molecule has 0 N–H and O–H groups in total. The van der Waals surface area contributed by atoms with Gasteiger partial charge in [-0.3, -0.25) is 0 Å². The molecule has 0 aromatic heterocycles. The van der Waals surface area contributed by atoms with Gasteiger partial charge in [0.05, 0.1) is 0 Å². The summed E-state index contributed by atoms with van der Waals surface area (Å²) in [4.78, 5) is 0. The topological polar surface area (TPSA) is 18.5 Å². The number of allylic oxidation sites excluding steroid dienone is 2. The van der Waals surface area contributed by atoms with Crippen LogP contribution in [0.1, 0.15) is 45.6 Å². The van der Waals surface area contributed by atoms with E-state index in [1.165, 1.54) is 24.8 Å². The first-order valence-corrected chi connectivity index (χ1v) is 7.88. The molecule has 0 heterocycles. The minimum absolute atomic E-state index is 0.308. The quantitative estimate of drug-likeness (QED) is 0.561. The molecule has 0 radical (unpaired) electrons. The Morgan fingerprint density at radius 1 is 1.19 bits per heavy atom. The van der Waals surface area contributed by atoms with E-state index in [2.05, 4.69) is 39.0 Å². The monoisotopic (exact) mass is 288 g/mol. The Morgan fingerprint density at radius 3 is 2.57 bits per heavy atom. The zero-order chi connectivity index (χ0) is 15.3. The lowest BCUT2D eigenvalue weighted by atomic mass is 9.72. The Bertz CT molecular complexity index is 483. The largest absolute Gasteiger partial charge is 0.467 e. The van der Waals surface area contributed by atoms with Crippen molar-refractivity contribution in [1.82, 2.24) is 0 Å². The Kier molecular flexibility index (Phi) is 5.46. The lowest BCUT2D eigenvalue weighted by Gasteiger charge is -2.33. The minimum Gasteiger partial charge on any atom is -0.467 e. The van der Waals surface area contributed by atoms with Crippen LogP contribution in [0.25, 0.3) is 0 Å². The van der Waals surface area contributed by atoms with Gasteiger partial charge in [-0.15, -0.1) is 0 Å². The maximum Gasteiger partial charge on any atom is 0.188 e. The van der Waals surface area contributed by atoms with Gasteiger partial charge in [0.25, 0.3) is 0 Å². The molecule has 1 aromatic rings. The van der Waals surface area contributed by atoms with Crippen LogP contribution >= 0.6 is 0 Å². The van der Waals surface area contributed by atoms with Crippen molar-refractivity contribution in [2.24, 2.45) is 11.3 Å². The number of rotatable bonds is 5. The number of hydrogen-bond acceptors (Lipinski definition) is 2. The number of para-hydroxylation sites is 1. The molecule has 21 heavy (non-hydrogen) atoms. The highest BCUT2D eigenvalue weighted by Gasteiger charge is 2.26. The van der Waals surface area contributed by atoms with Gasteiger partial charge in [0, 0.05) is 7.11 Å². The van der Waals surface area contributed by atoms with Crippen LogP contribution in [-0.4, -0.2) is 13.9 Å². The number of ether oxygens (including phenoxy) is 2. The molecule has 0 bridgehead atoms. The predicted octanol–water partition coefficient (Wildman–Crippen LogP) is 4.98. The average Bonchev–Trinajstić information content (AvgIpc) is 2.46. The summed E-state index contributed by atoms with van der Waals surface area (Å²) in [7, 11) is 1.65. The molecular formula is C19H28O2. The SMILES string of the molecule is COCOc1ccccc1CC1=CCC(C(C)(C)C)CC1. The van der Waals surface area contributed by atoms with Gasteiger partial charge in [0.2, 0.25) is 0 Å². The van der Waals surface area contributed by atoms with Crippen LogP contribution in [0.15, 0.2) is 35.9 Å². The van der Waals surface area contributed by atoms with Crippen LogP contribution in [0.3, 0.4) is 0 Å². The number of methoxy groups -OCH3 is 1. The van der Waals surface area contributed by atoms with Gasteiger partial charge in [0.1, 0.15) is 5.75 Å². The van der Waals surface area contributed by atoms with Gasteiger partial charge < -0.3 is 9.47 Å². The fourth-order valence-electron chi connectivity index (χ4n) is 2.99. The molecule has 1 atom stereocenters. The highest BCUT2D eigenvalue weighted by Crippen LogP contribution is 2.38. The predicted molar refractivity (Wildman–Crippen MR) is 87.5 cm³/mol. The van der Waals surface area contributed by atoms with Gasteiger partial charge in [-0.25, -0.2) is 0 Å². The van der Waals surface area contributed by atoms with Crippen LogP contribution < -0.4 is 4.74 Å². The van der Waals surface area contributed by atoms with Crippen LogP contribution in [-0.2, 0) is 11.2 Å². The van der Waals surface area contributed by atoms with Crippen molar-refractivity contribution >= 4 is 0 Å². The molecule has 0 amide bonds. The van der Waals surface area contributed by atoms with Crippen molar-refractivity contribution in [3.63, 3.8) is 0 Å². The molecule has 1 aliphatic rings. The van der Waals surface area contributed by atoms with Crippen molar-refractivity contribution in [3.05, 3.63) is 41.5 Å². The lowest BCUT2D eigenvalue weighted by Crippen LogP contribution is -2.22.